The van der Waals surface area contributed by atoms with E-state index in [1.54, 1.807) is 26.8 Å². The summed E-state index contributed by atoms with van der Waals surface area (Å²) in [6, 6.07) is 7.37. The first-order valence-corrected chi connectivity index (χ1v) is 7.53. The number of esters is 2. The molecular weight excluding hydrogens is 268 g/mol. The van der Waals surface area contributed by atoms with Gasteiger partial charge in [-0.05, 0) is 37.8 Å². The van der Waals surface area contributed by atoms with Crippen LogP contribution in [-0.4, -0.2) is 18.5 Å². The molecule has 116 valence electrons. The largest absolute Gasteiger partial charge is 0.465 e. The molecule has 0 saturated carbocycles. The Bertz CT molecular complexity index is 489. The molecule has 1 aromatic rings. The molecule has 0 unspecified atom stereocenters. The van der Waals surface area contributed by atoms with Crippen LogP contribution in [0.2, 0.25) is 0 Å². The average molecular weight is 292 g/mol. The van der Waals surface area contributed by atoms with Crippen LogP contribution in [0.1, 0.15) is 46.1 Å². The summed E-state index contributed by atoms with van der Waals surface area (Å²) in [4.78, 5) is 24.7. The lowest BCUT2D eigenvalue weighted by Gasteiger charge is -2.26. The molecule has 0 atom stereocenters. The fraction of sp³-hybridized carbons (Fsp3) is 0.529. The number of hydrogen-bond acceptors (Lipinski definition) is 4. The summed E-state index contributed by atoms with van der Waals surface area (Å²) in [5.41, 5.74) is -0.285. The number of aryl methyl sites for hydroxylation is 1. The highest BCUT2D eigenvalue weighted by atomic mass is 16.6. The molecule has 0 amide bonds. The maximum atomic E-state index is 12.6. The van der Waals surface area contributed by atoms with Crippen LogP contribution < -0.4 is 4.74 Å². The fourth-order valence-corrected chi connectivity index (χ4v) is 2.27. The Morgan fingerprint density at radius 1 is 1.00 bits per heavy atom. The van der Waals surface area contributed by atoms with Crippen LogP contribution in [0.3, 0.4) is 0 Å². The highest BCUT2D eigenvalue weighted by molar-refractivity contribution is 6.00. The van der Waals surface area contributed by atoms with Gasteiger partial charge in [0.15, 0.2) is 5.41 Å². The smallest absolute Gasteiger partial charge is 0.328 e. The second-order valence-corrected chi connectivity index (χ2v) is 4.86. The summed E-state index contributed by atoms with van der Waals surface area (Å²) in [7, 11) is 0. The summed E-state index contributed by atoms with van der Waals surface area (Å²) >= 11 is 0. The monoisotopic (exact) mass is 292 g/mol. The number of rotatable bonds is 7. The number of hydrogen-bond donors (Lipinski definition) is 0. The first-order valence-electron chi connectivity index (χ1n) is 7.53. The molecule has 0 aliphatic carbocycles. The summed E-state index contributed by atoms with van der Waals surface area (Å²) in [5.74, 6) is -0.526. The van der Waals surface area contributed by atoms with E-state index in [0.717, 1.165) is 12.0 Å². The minimum absolute atomic E-state index is 0.249. The van der Waals surface area contributed by atoms with Crippen molar-refractivity contribution in [2.45, 2.75) is 47.0 Å². The Kier molecular flexibility index (Phi) is 6.40. The van der Waals surface area contributed by atoms with Gasteiger partial charge in [0.2, 0.25) is 0 Å². The van der Waals surface area contributed by atoms with E-state index in [9.17, 15) is 9.59 Å². The Morgan fingerprint density at radius 3 is 2.14 bits per heavy atom. The van der Waals surface area contributed by atoms with E-state index in [1.807, 2.05) is 25.1 Å². The van der Waals surface area contributed by atoms with Gasteiger partial charge in [-0.15, -0.1) is 0 Å². The summed E-state index contributed by atoms with van der Waals surface area (Å²) in [5, 5.41) is 0. The maximum absolute atomic E-state index is 12.6. The lowest BCUT2D eigenvalue weighted by Crippen LogP contribution is -2.42. The molecule has 0 N–H and O–H groups in total. The van der Waals surface area contributed by atoms with Gasteiger partial charge in [-0.1, -0.05) is 39.0 Å². The van der Waals surface area contributed by atoms with Crippen molar-refractivity contribution in [2.24, 2.45) is 5.41 Å². The van der Waals surface area contributed by atoms with Crippen LogP contribution in [0.25, 0.3) is 0 Å². The average Bonchev–Trinajstić information content (AvgIpc) is 2.50. The predicted octanol–water partition coefficient (Wildman–Crippen LogP) is 3.52. The molecule has 0 spiro atoms. The van der Waals surface area contributed by atoms with Gasteiger partial charge in [-0.2, -0.15) is 0 Å². The van der Waals surface area contributed by atoms with Gasteiger partial charge in [0.1, 0.15) is 5.75 Å². The molecule has 1 aromatic carbocycles. The molecule has 0 radical (unpaired) electrons. The van der Waals surface area contributed by atoms with Crippen molar-refractivity contribution in [1.82, 2.24) is 0 Å². The molecule has 0 fully saturated rings. The van der Waals surface area contributed by atoms with Crippen molar-refractivity contribution >= 4 is 11.9 Å². The van der Waals surface area contributed by atoms with Gasteiger partial charge < -0.3 is 9.47 Å². The Balaban J connectivity index is 3.04. The van der Waals surface area contributed by atoms with Crippen molar-refractivity contribution < 1.29 is 19.1 Å². The minimum atomic E-state index is -1.23. The van der Waals surface area contributed by atoms with Crippen molar-refractivity contribution in [2.75, 3.05) is 6.61 Å². The van der Waals surface area contributed by atoms with E-state index in [4.69, 9.17) is 9.47 Å². The summed E-state index contributed by atoms with van der Waals surface area (Å²) in [6.07, 6.45) is 1.47. The number of benzene rings is 1. The van der Waals surface area contributed by atoms with Gasteiger partial charge in [0, 0.05) is 0 Å². The highest BCUT2D eigenvalue weighted by Gasteiger charge is 2.46. The van der Waals surface area contributed by atoms with Crippen LogP contribution >= 0.6 is 0 Å². The zero-order valence-corrected chi connectivity index (χ0v) is 13.3. The van der Waals surface area contributed by atoms with Gasteiger partial charge >= 0.3 is 11.9 Å². The van der Waals surface area contributed by atoms with Gasteiger partial charge in [-0.25, -0.2) is 0 Å². The molecule has 0 bridgehead atoms. The normalized spacial score (nSPS) is 11.0. The first-order chi connectivity index (χ1) is 10.1. The zero-order chi connectivity index (χ0) is 15.9. The predicted molar refractivity (Wildman–Crippen MR) is 81.1 cm³/mol. The van der Waals surface area contributed by atoms with E-state index in [1.165, 1.54) is 0 Å². The lowest BCUT2D eigenvalue weighted by atomic mass is 9.82. The third kappa shape index (κ3) is 3.63. The second-order valence-electron chi connectivity index (χ2n) is 4.86. The van der Waals surface area contributed by atoms with Crippen molar-refractivity contribution in [1.29, 1.82) is 0 Å². The van der Waals surface area contributed by atoms with Crippen LogP contribution in [0, 0.1) is 5.41 Å². The van der Waals surface area contributed by atoms with Crippen LogP contribution in [0.4, 0.5) is 0 Å². The molecule has 4 heteroatoms. The Hall–Kier alpha value is -1.84. The third-order valence-corrected chi connectivity index (χ3v) is 3.82. The van der Waals surface area contributed by atoms with Crippen LogP contribution in [0.5, 0.6) is 5.75 Å². The van der Waals surface area contributed by atoms with E-state index in [0.29, 0.717) is 18.6 Å². The molecule has 21 heavy (non-hydrogen) atoms. The van der Waals surface area contributed by atoms with E-state index >= 15 is 0 Å². The molecule has 0 aromatic heterocycles. The molecule has 0 aliphatic heterocycles. The number of para-hydroxylation sites is 1. The molecule has 0 heterocycles. The number of carbonyl (C=O) groups is 2. The van der Waals surface area contributed by atoms with E-state index in [-0.39, 0.29) is 6.61 Å². The molecule has 1 rings (SSSR count). The van der Waals surface area contributed by atoms with Crippen molar-refractivity contribution in [3.05, 3.63) is 29.8 Å². The van der Waals surface area contributed by atoms with Gasteiger partial charge in [0.05, 0.1) is 6.61 Å². The van der Waals surface area contributed by atoms with E-state index in [2.05, 4.69) is 0 Å². The second kappa shape index (κ2) is 7.81. The molecule has 4 nitrogen and oxygen atoms in total. The zero-order valence-electron chi connectivity index (χ0n) is 13.3. The minimum Gasteiger partial charge on any atom is -0.465 e. The van der Waals surface area contributed by atoms with Crippen LogP contribution in [-0.2, 0) is 20.7 Å². The SMILES string of the molecule is CCOC(=O)C(CC)(CC)C(=O)Oc1ccccc1CC. The van der Waals surface area contributed by atoms with Gasteiger partial charge in [0.25, 0.3) is 0 Å². The fourth-order valence-electron chi connectivity index (χ4n) is 2.27. The Morgan fingerprint density at radius 2 is 1.62 bits per heavy atom. The van der Waals surface area contributed by atoms with Crippen molar-refractivity contribution in [3.8, 4) is 5.75 Å². The number of carbonyl (C=O) groups excluding carboxylic acids is 2. The summed E-state index contributed by atoms with van der Waals surface area (Å²) < 4.78 is 10.6. The Labute approximate surface area is 126 Å². The lowest BCUT2D eigenvalue weighted by molar-refractivity contribution is -0.167. The van der Waals surface area contributed by atoms with Crippen LogP contribution in [0.15, 0.2) is 24.3 Å². The topological polar surface area (TPSA) is 52.6 Å². The quantitative estimate of drug-likeness (QED) is 0.438. The highest BCUT2D eigenvalue weighted by Crippen LogP contribution is 2.31. The van der Waals surface area contributed by atoms with Gasteiger partial charge in [-0.3, -0.25) is 9.59 Å². The standard InChI is InChI=1S/C17H24O4/c1-5-13-11-9-10-12-14(13)21-16(19)17(6-2,7-3)15(18)20-8-4/h9-12H,5-8H2,1-4H3. The van der Waals surface area contributed by atoms with E-state index < -0.39 is 17.4 Å². The number of ether oxygens (including phenoxy) is 2. The summed E-state index contributed by atoms with van der Waals surface area (Å²) in [6.45, 7) is 7.57. The molecule has 0 aliphatic rings. The maximum Gasteiger partial charge on any atom is 0.328 e. The first kappa shape index (κ1) is 17.2. The van der Waals surface area contributed by atoms with Crippen molar-refractivity contribution in [3.63, 3.8) is 0 Å². The molecule has 0 saturated heterocycles. The third-order valence-electron chi connectivity index (χ3n) is 3.82. The molecular formula is C17H24O4.